The molecule has 0 spiro atoms. The van der Waals surface area contributed by atoms with E-state index in [0.29, 0.717) is 61.9 Å². The lowest BCUT2D eigenvalue weighted by molar-refractivity contribution is -0.221. The molecule has 1 aromatic rings. The molecule has 5 fully saturated rings. The molecule has 7 nitrogen and oxygen atoms in total. The van der Waals surface area contributed by atoms with Gasteiger partial charge in [-0.25, -0.2) is 12.8 Å². The third kappa shape index (κ3) is 7.23. The van der Waals surface area contributed by atoms with Gasteiger partial charge in [0.05, 0.1) is 11.7 Å². The van der Waals surface area contributed by atoms with Crippen molar-refractivity contribution in [3.8, 4) is 0 Å². The Labute approximate surface area is 362 Å². The van der Waals surface area contributed by atoms with Crippen molar-refractivity contribution in [2.45, 2.75) is 131 Å². The highest BCUT2D eigenvalue weighted by Crippen LogP contribution is 2.76. The third-order valence-corrected chi connectivity index (χ3v) is 20.5. The molecule has 0 bridgehead atoms. The second-order valence-electron chi connectivity index (χ2n) is 22.2. The van der Waals surface area contributed by atoms with Gasteiger partial charge in [0.1, 0.15) is 13.3 Å². The van der Waals surface area contributed by atoms with Crippen LogP contribution in [0.15, 0.2) is 65.8 Å². The maximum absolute atomic E-state index is 14.8. The number of rotatable bonds is 11. The van der Waals surface area contributed by atoms with Crippen LogP contribution in [0.25, 0.3) is 0 Å². The van der Waals surface area contributed by atoms with E-state index in [1.165, 1.54) is 74.3 Å². The van der Waals surface area contributed by atoms with E-state index in [0.717, 1.165) is 38.2 Å². The summed E-state index contributed by atoms with van der Waals surface area (Å²) < 4.78 is 46.4. The minimum atomic E-state index is -3.13. The minimum Gasteiger partial charge on any atom is -0.460 e. The second-order valence-corrected chi connectivity index (χ2v) is 24.2. The minimum absolute atomic E-state index is 0.0129. The molecule has 1 saturated heterocycles. The molecule has 0 aromatic heterocycles. The van der Waals surface area contributed by atoms with Crippen molar-refractivity contribution in [2.24, 2.45) is 56.7 Å². The first kappa shape index (κ1) is 44.3. The van der Waals surface area contributed by atoms with E-state index in [-0.39, 0.29) is 33.8 Å². The lowest BCUT2D eigenvalue weighted by Gasteiger charge is -2.72. The van der Waals surface area contributed by atoms with Crippen molar-refractivity contribution >= 4 is 16.0 Å². The number of hydrogen-bond donors (Lipinski definition) is 1. The summed E-state index contributed by atoms with van der Waals surface area (Å²) in [6.45, 7) is 24.2. The van der Waals surface area contributed by atoms with Crippen molar-refractivity contribution < 1.29 is 22.3 Å². The Morgan fingerprint density at radius 3 is 2.27 bits per heavy atom. The van der Waals surface area contributed by atoms with E-state index in [9.17, 15) is 17.6 Å². The molecule has 1 aromatic carbocycles. The molecule has 7 aliphatic rings. The van der Waals surface area contributed by atoms with Crippen LogP contribution < -0.4 is 5.32 Å². The smallest absolute Gasteiger partial charge is 0.315 e. The number of sulfonamides is 1. The van der Waals surface area contributed by atoms with Crippen LogP contribution >= 0.6 is 0 Å². The van der Waals surface area contributed by atoms with Gasteiger partial charge >= 0.3 is 5.97 Å². The zero-order chi connectivity index (χ0) is 42.9. The normalized spacial score (nSPS) is 40.6. The number of carbonyl (C=O) groups is 1. The molecular weight excluding hydrogens is 770 g/mol. The van der Waals surface area contributed by atoms with E-state index in [4.69, 9.17) is 4.74 Å². The van der Waals surface area contributed by atoms with E-state index in [1.54, 1.807) is 4.31 Å². The Hall–Kier alpha value is -2.33. The molecule has 8 rings (SSSR count). The number of hydrogen-bond acceptors (Lipinski definition) is 6. The quantitative estimate of drug-likeness (QED) is 0.177. The fourth-order valence-corrected chi connectivity index (χ4v) is 16.6. The first-order valence-corrected chi connectivity index (χ1v) is 25.4. The van der Waals surface area contributed by atoms with Crippen molar-refractivity contribution in [1.29, 1.82) is 0 Å². The molecule has 332 valence electrons. The highest BCUT2D eigenvalue weighted by Gasteiger charge is 2.70. The molecule has 6 aliphatic carbocycles. The summed E-state index contributed by atoms with van der Waals surface area (Å²) >= 11 is 0. The van der Waals surface area contributed by atoms with Crippen molar-refractivity contribution in [3.05, 3.63) is 71.3 Å². The molecule has 9 heteroatoms. The van der Waals surface area contributed by atoms with Crippen molar-refractivity contribution in [2.75, 3.05) is 52.2 Å². The summed E-state index contributed by atoms with van der Waals surface area (Å²) in [6, 6.07) is 9.67. The molecule has 1 N–H and O–H groups in total. The SMILES string of the molecule is C=C(C)[C@@H]1CC[C@]2(NCCN3CCN(S(C)(=O)=O)CC3)CC[C@]3(C)[C@H](CCC4[C@@]5(C)CC=C(C6=CC[C@](CF)(C(=O)OCc7ccccc7)CC6)C(C)(C)C5CC[C@]43C)C12. The lowest BCUT2D eigenvalue weighted by atomic mass is 9.33. The van der Waals surface area contributed by atoms with E-state index in [2.05, 4.69) is 70.5 Å². The monoisotopic (exact) mass is 846 g/mol. The second kappa shape index (κ2) is 16.0. The Morgan fingerprint density at radius 2 is 1.62 bits per heavy atom. The Bertz CT molecular complexity index is 1970. The van der Waals surface area contributed by atoms with Gasteiger partial charge in [-0.3, -0.25) is 9.69 Å². The molecule has 1 aliphatic heterocycles. The topological polar surface area (TPSA) is 79.0 Å². The lowest BCUT2D eigenvalue weighted by Crippen LogP contribution is -2.68. The van der Waals surface area contributed by atoms with Gasteiger partial charge in [-0.2, -0.15) is 4.31 Å². The maximum atomic E-state index is 14.8. The number of carbonyl (C=O) groups excluding carboxylic acids is 1. The number of benzene rings is 1. The van der Waals surface area contributed by atoms with Crippen LogP contribution in [0.2, 0.25) is 0 Å². The fourth-order valence-electron chi connectivity index (χ4n) is 15.7. The van der Waals surface area contributed by atoms with Crippen LogP contribution in [-0.2, 0) is 26.2 Å². The zero-order valence-electron chi connectivity index (χ0n) is 38.1. The van der Waals surface area contributed by atoms with Crippen LogP contribution in [0.1, 0.15) is 124 Å². The standard InChI is InChI=1S/C51H76FN3O4S/c1-36(2)39-18-25-51(53-28-29-54-30-32-55(33-31-54)60(8,57)58)27-26-48(6)41(44(39)51)14-15-43-47(5)21-19-40(46(3,4)42(47)20-22-49(43,48)7)38-16-23-50(35-52,24-17-38)45(56)59-34-37-12-10-9-11-13-37/h9-13,16,19,39,41-44,53H,1,14-15,17-18,20-35H2,2-8H3/t39-,41+,42?,43?,44?,47-,48+,49+,50-,51-/m0/s1. The van der Waals surface area contributed by atoms with Gasteiger partial charge in [0.25, 0.3) is 0 Å². The van der Waals surface area contributed by atoms with E-state index >= 15 is 0 Å². The van der Waals surface area contributed by atoms with E-state index < -0.39 is 28.1 Å². The number of nitrogens with one attached hydrogen (secondary N) is 1. The number of esters is 1. The zero-order valence-corrected chi connectivity index (χ0v) is 38.9. The average Bonchev–Trinajstić information content (AvgIpc) is 3.60. The van der Waals surface area contributed by atoms with Crippen molar-refractivity contribution in [3.63, 3.8) is 0 Å². The molecule has 0 amide bonds. The number of ether oxygens (including phenoxy) is 1. The summed E-state index contributed by atoms with van der Waals surface area (Å²) in [5.74, 6) is 2.61. The predicted octanol–water partition coefficient (Wildman–Crippen LogP) is 9.91. The summed E-state index contributed by atoms with van der Waals surface area (Å²) in [5.41, 5.74) is 4.79. The van der Waals surface area contributed by atoms with Gasteiger partial charge in [-0.1, -0.05) is 89.3 Å². The number of piperazine rings is 1. The maximum Gasteiger partial charge on any atom is 0.315 e. The summed E-state index contributed by atoms with van der Waals surface area (Å²) in [7, 11) is -3.13. The Kier molecular flexibility index (Phi) is 11.8. The number of alkyl halides is 1. The van der Waals surface area contributed by atoms with Gasteiger partial charge in [0, 0.05) is 44.8 Å². The van der Waals surface area contributed by atoms with Crippen LogP contribution in [0.3, 0.4) is 0 Å². The molecule has 10 atom stereocenters. The Morgan fingerprint density at radius 1 is 0.883 bits per heavy atom. The number of halogens is 1. The molecule has 1 heterocycles. The van der Waals surface area contributed by atoms with Crippen LogP contribution in [0.5, 0.6) is 0 Å². The van der Waals surface area contributed by atoms with E-state index in [1.807, 2.05) is 30.3 Å². The Balaban J connectivity index is 0.981. The number of nitrogens with zero attached hydrogens (tertiary/aromatic N) is 2. The highest BCUT2D eigenvalue weighted by molar-refractivity contribution is 7.88. The summed E-state index contributed by atoms with van der Waals surface area (Å²) in [4.78, 5) is 15.8. The molecule has 0 radical (unpaired) electrons. The van der Waals surface area contributed by atoms with Crippen LogP contribution in [0.4, 0.5) is 4.39 Å². The molecule has 4 saturated carbocycles. The summed E-state index contributed by atoms with van der Waals surface area (Å²) in [5, 5.41) is 4.26. The number of allylic oxidation sites excluding steroid dienone is 5. The molecular formula is C51H76FN3O4S. The predicted molar refractivity (Wildman–Crippen MR) is 240 cm³/mol. The van der Waals surface area contributed by atoms with Crippen molar-refractivity contribution in [1.82, 2.24) is 14.5 Å². The third-order valence-electron chi connectivity index (χ3n) is 19.2. The van der Waals surface area contributed by atoms with Gasteiger partial charge in [0.15, 0.2) is 0 Å². The first-order valence-electron chi connectivity index (χ1n) is 23.6. The number of fused-ring (bicyclic) bond motifs is 7. The van der Waals surface area contributed by atoms with Gasteiger partial charge in [-0.15, -0.1) is 0 Å². The van der Waals surface area contributed by atoms with Gasteiger partial charge in [0.2, 0.25) is 10.0 Å². The van der Waals surface area contributed by atoms with Gasteiger partial charge < -0.3 is 10.1 Å². The fraction of sp³-hybridized carbons (Fsp3) is 0.745. The van der Waals surface area contributed by atoms with Gasteiger partial charge in [-0.05, 0) is 152 Å². The first-order chi connectivity index (χ1) is 28.3. The largest absolute Gasteiger partial charge is 0.460 e. The highest BCUT2D eigenvalue weighted by atomic mass is 32.2. The van der Waals surface area contributed by atoms with Crippen LogP contribution in [0, 0.1) is 56.7 Å². The molecule has 3 unspecified atom stereocenters. The van der Waals surface area contributed by atoms with Crippen LogP contribution in [-0.4, -0.2) is 81.3 Å². The summed E-state index contributed by atoms with van der Waals surface area (Å²) in [6.07, 6.45) is 18.8. The molecule has 60 heavy (non-hydrogen) atoms. The average molecular weight is 846 g/mol.